The number of hydrogen-bond acceptors (Lipinski definition) is 4. The summed E-state index contributed by atoms with van der Waals surface area (Å²) in [6.45, 7) is 0. The molecular formula is C26H24O4. The molecule has 0 N–H and O–H groups in total. The van der Waals surface area contributed by atoms with Crippen LogP contribution in [0, 0.1) is 0 Å². The number of rotatable bonds is 7. The van der Waals surface area contributed by atoms with E-state index >= 15 is 0 Å². The van der Waals surface area contributed by atoms with E-state index in [0.29, 0.717) is 5.56 Å². The number of esters is 1. The normalized spacial score (nSPS) is 11.0. The van der Waals surface area contributed by atoms with E-state index < -0.39 is 0 Å². The van der Waals surface area contributed by atoms with Gasteiger partial charge in [-0.3, -0.25) is 0 Å². The fourth-order valence-corrected chi connectivity index (χ4v) is 3.01. The summed E-state index contributed by atoms with van der Waals surface area (Å²) in [5.41, 5.74) is 4.11. The lowest BCUT2D eigenvalue weighted by molar-refractivity contribution is 0.0600. The van der Waals surface area contributed by atoms with Gasteiger partial charge in [-0.2, -0.15) is 0 Å². The van der Waals surface area contributed by atoms with Crippen LogP contribution in [0.25, 0.3) is 24.3 Å². The molecule has 3 aromatic carbocycles. The Labute approximate surface area is 177 Å². The minimum atomic E-state index is -0.376. The lowest BCUT2D eigenvalue weighted by atomic mass is 9.99. The van der Waals surface area contributed by atoms with Crippen molar-refractivity contribution in [3.05, 3.63) is 94.5 Å². The van der Waals surface area contributed by atoms with Crippen LogP contribution in [-0.2, 0) is 4.74 Å². The van der Waals surface area contributed by atoms with E-state index in [1.165, 1.54) is 7.11 Å². The first-order valence-corrected chi connectivity index (χ1v) is 9.50. The lowest BCUT2D eigenvalue weighted by Crippen LogP contribution is -2.06. The molecule has 30 heavy (non-hydrogen) atoms. The van der Waals surface area contributed by atoms with Crippen LogP contribution in [-0.4, -0.2) is 27.3 Å². The summed E-state index contributed by atoms with van der Waals surface area (Å²) in [5, 5.41) is 0. The summed E-state index contributed by atoms with van der Waals surface area (Å²) in [6, 6.07) is 21.2. The van der Waals surface area contributed by atoms with Crippen molar-refractivity contribution >= 4 is 30.3 Å². The van der Waals surface area contributed by atoms with Crippen LogP contribution in [0.3, 0.4) is 0 Å². The Kier molecular flexibility index (Phi) is 7.06. The third-order valence-corrected chi connectivity index (χ3v) is 4.66. The average Bonchev–Trinajstić information content (AvgIpc) is 2.81. The molecule has 4 heteroatoms. The van der Waals surface area contributed by atoms with Gasteiger partial charge in [-0.05, 0) is 46.5 Å². The van der Waals surface area contributed by atoms with Gasteiger partial charge in [-0.1, -0.05) is 66.8 Å². The molecule has 152 valence electrons. The number of hydrogen-bond donors (Lipinski definition) is 0. The Morgan fingerprint density at radius 2 is 1.07 bits per heavy atom. The van der Waals surface area contributed by atoms with Gasteiger partial charge in [-0.15, -0.1) is 0 Å². The zero-order chi connectivity index (χ0) is 21.3. The Hall–Kier alpha value is -3.79. The van der Waals surface area contributed by atoms with E-state index in [2.05, 4.69) is 0 Å². The Morgan fingerprint density at radius 1 is 0.633 bits per heavy atom. The van der Waals surface area contributed by atoms with Crippen molar-refractivity contribution in [1.82, 2.24) is 0 Å². The highest BCUT2D eigenvalue weighted by Crippen LogP contribution is 2.22. The smallest absolute Gasteiger partial charge is 0.339 e. The van der Waals surface area contributed by atoms with E-state index in [-0.39, 0.29) is 5.97 Å². The van der Waals surface area contributed by atoms with Gasteiger partial charge in [0.25, 0.3) is 0 Å². The standard InChI is InChI=1S/C26H24O4/c1-28-23-15-9-19(10-16-23)7-13-21-5-4-6-22(25(21)26(27)30-3)14-8-20-11-17-24(29-2)18-12-20/h4-18H,1-3H3/b13-7+,14-8+. The number of carbonyl (C=O) groups excluding carboxylic acids is 1. The fourth-order valence-electron chi connectivity index (χ4n) is 3.01. The first-order chi connectivity index (χ1) is 14.6. The van der Waals surface area contributed by atoms with E-state index in [9.17, 15) is 4.79 Å². The predicted molar refractivity (Wildman–Crippen MR) is 122 cm³/mol. The molecule has 0 atom stereocenters. The summed E-state index contributed by atoms with van der Waals surface area (Å²) < 4.78 is 15.4. The topological polar surface area (TPSA) is 44.8 Å². The van der Waals surface area contributed by atoms with Crippen LogP contribution >= 0.6 is 0 Å². The van der Waals surface area contributed by atoms with Crippen LogP contribution in [0.15, 0.2) is 66.7 Å². The monoisotopic (exact) mass is 400 g/mol. The zero-order valence-electron chi connectivity index (χ0n) is 17.3. The van der Waals surface area contributed by atoms with Gasteiger partial charge in [0.2, 0.25) is 0 Å². The number of methoxy groups -OCH3 is 3. The molecule has 0 amide bonds. The SMILES string of the molecule is COC(=O)c1c(/C=C/c2ccc(OC)cc2)cccc1/C=C/c1ccc(OC)cc1. The molecule has 0 bridgehead atoms. The van der Waals surface area contributed by atoms with Crippen LogP contribution in [0.1, 0.15) is 32.6 Å². The van der Waals surface area contributed by atoms with Gasteiger partial charge in [0, 0.05) is 0 Å². The first-order valence-electron chi connectivity index (χ1n) is 9.50. The molecule has 0 aliphatic rings. The molecule has 3 rings (SSSR count). The molecule has 0 fully saturated rings. The minimum Gasteiger partial charge on any atom is -0.497 e. The van der Waals surface area contributed by atoms with Gasteiger partial charge >= 0.3 is 5.97 Å². The highest BCUT2D eigenvalue weighted by Gasteiger charge is 2.14. The van der Waals surface area contributed by atoms with E-state index in [1.54, 1.807) is 14.2 Å². The molecule has 0 aliphatic carbocycles. The van der Waals surface area contributed by atoms with Crippen LogP contribution in [0.4, 0.5) is 0 Å². The highest BCUT2D eigenvalue weighted by atomic mass is 16.5. The second-order valence-corrected chi connectivity index (χ2v) is 6.52. The predicted octanol–water partition coefficient (Wildman–Crippen LogP) is 5.83. The molecule has 0 heterocycles. The number of benzene rings is 3. The molecule has 4 nitrogen and oxygen atoms in total. The zero-order valence-corrected chi connectivity index (χ0v) is 17.3. The molecule has 0 aromatic heterocycles. The molecule has 0 saturated carbocycles. The Bertz CT molecular complexity index is 970. The summed E-state index contributed by atoms with van der Waals surface area (Å²) >= 11 is 0. The summed E-state index contributed by atoms with van der Waals surface area (Å²) in [4.78, 5) is 12.5. The van der Waals surface area contributed by atoms with Crippen molar-refractivity contribution < 1.29 is 19.0 Å². The summed E-state index contributed by atoms with van der Waals surface area (Å²) in [6.07, 6.45) is 7.74. The van der Waals surface area contributed by atoms with Crippen molar-refractivity contribution in [3.63, 3.8) is 0 Å². The maximum Gasteiger partial charge on any atom is 0.339 e. The van der Waals surface area contributed by atoms with Crippen LogP contribution in [0.2, 0.25) is 0 Å². The molecule has 0 unspecified atom stereocenters. The number of ether oxygens (including phenoxy) is 3. The highest BCUT2D eigenvalue weighted by molar-refractivity contribution is 5.99. The van der Waals surface area contributed by atoms with Crippen LogP contribution in [0.5, 0.6) is 11.5 Å². The quantitative estimate of drug-likeness (QED) is 0.370. The molecule has 0 spiro atoms. The van der Waals surface area contributed by atoms with E-state index in [0.717, 1.165) is 33.8 Å². The van der Waals surface area contributed by atoms with Gasteiger partial charge in [-0.25, -0.2) is 4.79 Å². The lowest BCUT2D eigenvalue weighted by Gasteiger charge is -2.08. The summed E-state index contributed by atoms with van der Waals surface area (Å²) in [7, 11) is 4.67. The fraction of sp³-hybridized carbons (Fsp3) is 0.115. The average molecular weight is 400 g/mol. The van der Waals surface area contributed by atoms with E-state index in [4.69, 9.17) is 14.2 Å². The van der Waals surface area contributed by atoms with Crippen molar-refractivity contribution in [2.45, 2.75) is 0 Å². The molecule has 3 aromatic rings. The van der Waals surface area contributed by atoms with Gasteiger partial charge in [0.1, 0.15) is 11.5 Å². The first kappa shape index (κ1) is 20.9. The third-order valence-electron chi connectivity index (χ3n) is 4.66. The molecular weight excluding hydrogens is 376 g/mol. The number of carbonyl (C=O) groups is 1. The van der Waals surface area contributed by atoms with Crippen molar-refractivity contribution in [3.8, 4) is 11.5 Å². The second kappa shape index (κ2) is 10.1. The Morgan fingerprint density at radius 3 is 1.43 bits per heavy atom. The van der Waals surface area contributed by atoms with Gasteiger partial charge in [0.15, 0.2) is 0 Å². The van der Waals surface area contributed by atoms with Crippen molar-refractivity contribution in [2.75, 3.05) is 21.3 Å². The maximum atomic E-state index is 12.5. The van der Waals surface area contributed by atoms with Crippen LogP contribution < -0.4 is 9.47 Å². The van der Waals surface area contributed by atoms with Crippen molar-refractivity contribution in [2.24, 2.45) is 0 Å². The molecule has 0 aliphatic heterocycles. The summed E-state index contributed by atoms with van der Waals surface area (Å²) in [5.74, 6) is 1.22. The largest absolute Gasteiger partial charge is 0.497 e. The third kappa shape index (κ3) is 5.17. The van der Waals surface area contributed by atoms with Gasteiger partial charge in [0.05, 0.1) is 26.9 Å². The molecule has 0 saturated heterocycles. The van der Waals surface area contributed by atoms with E-state index in [1.807, 2.05) is 91.0 Å². The minimum absolute atomic E-state index is 0.376. The molecule has 0 radical (unpaired) electrons. The maximum absolute atomic E-state index is 12.5. The Balaban J connectivity index is 1.92. The second-order valence-electron chi connectivity index (χ2n) is 6.52. The van der Waals surface area contributed by atoms with Gasteiger partial charge < -0.3 is 14.2 Å². The van der Waals surface area contributed by atoms with Crippen molar-refractivity contribution in [1.29, 1.82) is 0 Å².